The third-order valence-corrected chi connectivity index (χ3v) is 6.72. The second kappa shape index (κ2) is 10.7. The van der Waals surface area contributed by atoms with Crippen LogP contribution in [0.2, 0.25) is 0 Å². The summed E-state index contributed by atoms with van der Waals surface area (Å²) in [5, 5.41) is 5.73. The standard InChI is InChI=1S/C24H34FN3O3/c1-3-16(2)26-23(30)21(27-22(29)19-10-6-7-11-20(19)25)17-12-14-28(15-13-17)24(31)18-8-4-5-9-18/h6-7,10-11,16-18,21H,3-5,8-9,12-15H2,1-2H3,(H,26,30)(H,27,29). The number of nitrogens with zero attached hydrogens (tertiary/aromatic N) is 1. The van der Waals surface area contributed by atoms with E-state index in [0.717, 1.165) is 32.1 Å². The van der Waals surface area contributed by atoms with Gasteiger partial charge in [0.25, 0.3) is 5.91 Å². The SMILES string of the molecule is CCC(C)NC(=O)C(NC(=O)c1ccccc1F)C1CCN(C(=O)C2CCCC2)CC1. The monoisotopic (exact) mass is 431 g/mol. The van der Waals surface area contributed by atoms with Gasteiger partial charge in [-0.3, -0.25) is 14.4 Å². The lowest BCUT2D eigenvalue weighted by Crippen LogP contribution is -2.55. The van der Waals surface area contributed by atoms with E-state index in [1.807, 2.05) is 18.7 Å². The van der Waals surface area contributed by atoms with E-state index in [1.165, 1.54) is 18.2 Å². The van der Waals surface area contributed by atoms with Crippen molar-refractivity contribution in [1.29, 1.82) is 0 Å². The molecule has 1 aliphatic carbocycles. The third kappa shape index (κ3) is 5.83. The Morgan fingerprint density at radius 1 is 1.06 bits per heavy atom. The summed E-state index contributed by atoms with van der Waals surface area (Å²) in [4.78, 5) is 40.4. The predicted octanol–water partition coefficient (Wildman–Crippen LogP) is 3.27. The average molecular weight is 432 g/mol. The van der Waals surface area contributed by atoms with Gasteiger partial charge >= 0.3 is 0 Å². The smallest absolute Gasteiger partial charge is 0.254 e. The molecule has 1 aromatic rings. The van der Waals surface area contributed by atoms with Crippen molar-refractivity contribution in [3.05, 3.63) is 35.6 Å². The molecule has 2 aliphatic rings. The second-order valence-electron chi connectivity index (χ2n) is 8.89. The molecule has 2 unspecified atom stereocenters. The van der Waals surface area contributed by atoms with Crippen molar-refractivity contribution in [1.82, 2.24) is 15.5 Å². The van der Waals surface area contributed by atoms with Gasteiger partial charge in [0, 0.05) is 25.0 Å². The minimum absolute atomic E-state index is 0.0237. The van der Waals surface area contributed by atoms with E-state index in [2.05, 4.69) is 10.6 Å². The number of halogens is 1. The maximum absolute atomic E-state index is 14.1. The van der Waals surface area contributed by atoms with Crippen molar-refractivity contribution in [2.24, 2.45) is 11.8 Å². The van der Waals surface area contributed by atoms with E-state index in [-0.39, 0.29) is 35.3 Å². The van der Waals surface area contributed by atoms with E-state index in [4.69, 9.17) is 0 Å². The van der Waals surface area contributed by atoms with Gasteiger partial charge in [-0.1, -0.05) is 31.9 Å². The van der Waals surface area contributed by atoms with Crippen LogP contribution in [0.4, 0.5) is 4.39 Å². The maximum Gasteiger partial charge on any atom is 0.254 e. The molecule has 31 heavy (non-hydrogen) atoms. The molecule has 1 aliphatic heterocycles. The van der Waals surface area contributed by atoms with Gasteiger partial charge < -0.3 is 15.5 Å². The van der Waals surface area contributed by atoms with Crippen LogP contribution >= 0.6 is 0 Å². The summed E-state index contributed by atoms with van der Waals surface area (Å²) >= 11 is 0. The van der Waals surface area contributed by atoms with Gasteiger partial charge in [0.1, 0.15) is 11.9 Å². The van der Waals surface area contributed by atoms with Gasteiger partial charge in [0.05, 0.1) is 5.56 Å². The maximum atomic E-state index is 14.1. The summed E-state index contributed by atoms with van der Waals surface area (Å²) in [6.45, 7) is 5.06. The zero-order chi connectivity index (χ0) is 22.4. The number of benzene rings is 1. The number of rotatable bonds is 7. The number of nitrogens with one attached hydrogen (secondary N) is 2. The van der Waals surface area contributed by atoms with Crippen molar-refractivity contribution >= 4 is 17.7 Å². The molecule has 2 atom stereocenters. The van der Waals surface area contributed by atoms with Crippen LogP contribution in [0.3, 0.4) is 0 Å². The number of likely N-dealkylation sites (tertiary alicyclic amines) is 1. The lowest BCUT2D eigenvalue weighted by Gasteiger charge is -2.37. The number of carbonyl (C=O) groups excluding carboxylic acids is 3. The van der Waals surface area contributed by atoms with E-state index < -0.39 is 17.8 Å². The van der Waals surface area contributed by atoms with Gasteiger partial charge in [-0.15, -0.1) is 0 Å². The quantitative estimate of drug-likeness (QED) is 0.696. The van der Waals surface area contributed by atoms with Gasteiger partial charge in [-0.2, -0.15) is 0 Å². The summed E-state index contributed by atoms with van der Waals surface area (Å²) in [7, 11) is 0. The van der Waals surface area contributed by atoms with Crippen molar-refractivity contribution in [3.63, 3.8) is 0 Å². The summed E-state index contributed by atoms with van der Waals surface area (Å²) in [5.74, 6) is -1.19. The van der Waals surface area contributed by atoms with Crippen molar-refractivity contribution in [2.75, 3.05) is 13.1 Å². The molecule has 170 valence electrons. The first-order valence-electron chi connectivity index (χ1n) is 11.5. The molecular weight excluding hydrogens is 397 g/mol. The molecule has 7 heteroatoms. The van der Waals surface area contributed by atoms with Gasteiger partial charge in [0.15, 0.2) is 0 Å². The van der Waals surface area contributed by atoms with Crippen LogP contribution in [0.1, 0.15) is 69.2 Å². The Kier molecular flexibility index (Phi) is 8.04. The molecule has 1 aromatic carbocycles. The highest BCUT2D eigenvalue weighted by Gasteiger charge is 2.36. The van der Waals surface area contributed by atoms with E-state index in [9.17, 15) is 18.8 Å². The summed E-state index contributed by atoms with van der Waals surface area (Å²) in [6, 6.07) is 4.98. The number of hydrogen-bond donors (Lipinski definition) is 2. The molecule has 0 aromatic heterocycles. The van der Waals surface area contributed by atoms with Gasteiger partial charge in [-0.25, -0.2) is 4.39 Å². The Bertz CT molecular complexity index is 786. The van der Waals surface area contributed by atoms with Crippen LogP contribution in [0, 0.1) is 17.7 Å². The molecule has 1 heterocycles. The molecule has 6 nitrogen and oxygen atoms in total. The molecule has 0 radical (unpaired) electrons. The molecule has 1 saturated heterocycles. The lowest BCUT2D eigenvalue weighted by atomic mass is 9.87. The fourth-order valence-corrected chi connectivity index (χ4v) is 4.58. The highest BCUT2D eigenvalue weighted by atomic mass is 19.1. The van der Waals surface area contributed by atoms with Crippen LogP contribution < -0.4 is 10.6 Å². The Morgan fingerprint density at radius 3 is 2.32 bits per heavy atom. The van der Waals surface area contributed by atoms with Crippen molar-refractivity contribution in [3.8, 4) is 0 Å². The topological polar surface area (TPSA) is 78.5 Å². The molecule has 0 spiro atoms. The Morgan fingerprint density at radius 2 is 1.71 bits per heavy atom. The molecule has 2 fully saturated rings. The summed E-state index contributed by atoms with van der Waals surface area (Å²) in [5.41, 5.74) is -0.0716. The molecule has 0 bridgehead atoms. The predicted molar refractivity (Wildman–Crippen MR) is 117 cm³/mol. The lowest BCUT2D eigenvalue weighted by molar-refractivity contribution is -0.137. The summed E-state index contributed by atoms with van der Waals surface area (Å²) in [6.07, 6.45) is 6.21. The largest absolute Gasteiger partial charge is 0.352 e. The number of piperidine rings is 1. The number of carbonyl (C=O) groups is 3. The van der Waals surface area contributed by atoms with Crippen LogP contribution in [-0.4, -0.2) is 47.8 Å². The number of hydrogen-bond acceptors (Lipinski definition) is 3. The minimum atomic E-state index is -0.759. The minimum Gasteiger partial charge on any atom is -0.352 e. The highest BCUT2D eigenvalue weighted by Crippen LogP contribution is 2.29. The molecule has 1 saturated carbocycles. The highest BCUT2D eigenvalue weighted by molar-refractivity contribution is 5.97. The number of amides is 3. The zero-order valence-corrected chi connectivity index (χ0v) is 18.5. The first-order valence-corrected chi connectivity index (χ1v) is 11.5. The summed E-state index contributed by atoms with van der Waals surface area (Å²) < 4.78 is 14.1. The van der Waals surface area contributed by atoms with Gasteiger partial charge in [0.2, 0.25) is 11.8 Å². The second-order valence-corrected chi connectivity index (χ2v) is 8.89. The van der Waals surface area contributed by atoms with Crippen molar-refractivity contribution in [2.45, 2.75) is 70.9 Å². The Labute approximate surface area is 183 Å². The molecule has 3 amide bonds. The molecular formula is C24H34FN3O3. The third-order valence-electron chi connectivity index (χ3n) is 6.72. The van der Waals surface area contributed by atoms with E-state index in [0.29, 0.717) is 25.9 Å². The molecule has 3 rings (SSSR count). The fraction of sp³-hybridized carbons (Fsp3) is 0.625. The van der Waals surface area contributed by atoms with Crippen LogP contribution in [0.5, 0.6) is 0 Å². The molecule has 2 N–H and O–H groups in total. The first-order chi connectivity index (χ1) is 14.9. The van der Waals surface area contributed by atoms with E-state index in [1.54, 1.807) is 6.07 Å². The zero-order valence-electron chi connectivity index (χ0n) is 18.5. The average Bonchev–Trinajstić information content (AvgIpc) is 3.32. The normalized spacial score (nSPS) is 19.6. The van der Waals surface area contributed by atoms with Crippen molar-refractivity contribution < 1.29 is 18.8 Å². The Balaban J connectivity index is 1.68. The first kappa shape index (κ1) is 23.2. The van der Waals surface area contributed by atoms with Crippen LogP contribution in [-0.2, 0) is 9.59 Å². The van der Waals surface area contributed by atoms with Crippen LogP contribution in [0.15, 0.2) is 24.3 Å². The van der Waals surface area contributed by atoms with Gasteiger partial charge in [-0.05, 0) is 57.1 Å². The van der Waals surface area contributed by atoms with E-state index >= 15 is 0 Å². The Hall–Kier alpha value is -2.44. The van der Waals surface area contributed by atoms with Crippen LogP contribution in [0.25, 0.3) is 0 Å². The fourth-order valence-electron chi connectivity index (χ4n) is 4.58.